The second kappa shape index (κ2) is 15.3. The van der Waals surface area contributed by atoms with Crippen LogP contribution < -0.4 is 9.46 Å². The molecule has 0 aliphatic carbocycles. The lowest BCUT2D eigenvalue weighted by molar-refractivity contribution is -0.00832. The normalized spacial score (nSPS) is 21.3. The number of aliphatic hydroxyl groups excluding tert-OH is 1. The number of carbonyl (C=O) groups excluding carboxylic acids is 1. The van der Waals surface area contributed by atoms with Gasteiger partial charge in [0.2, 0.25) is 0 Å². The molecular formula is C30H43N5O8S3. The van der Waals surface area contributed by atoms with Crippen LogP contribution in [0.4, 0.5) is 5.69 Å². The van der Waals surface area contributed by atoms with Crippen molar-refractivity contribution in [2.24, 2.45) is 13.0 Å². The number of likely N-dealkylation sites (N-methyl/N-ethyl adjacent to an activating group) is 1. The Morgan fingerprint density at radius 3 is 2.61 bits per heavy atom. The number of nitrogens with one attached hydrogen (secondary N) is 1. The molecule has 4 atom stereocenters. The third kappa shape index (κ3) is 8.66. The second-order valence-corrected chi connectivity index (χ2v) is 16.6. The molecule has 1 aliphatic rings. The van der Waals surface area contributed by atoms with Crippen molar-refractivity contribution in [3.05, 3.63) is 53.8 Å². The number of aryl methyl sites for hydroxylation is 1. The van der Waals surface area contributed by atoms with Gasteiger partial charge in [-0.1, -0.05) is 13.0 Å². The van der Waals surface area contributed by atoms with Gasteiger partial charge < -0.3 is 24.0 Å². The van der Waals surface area contributed by atoms with E-state index in [1.54, 1.807) is 37.6 Å². The highest BCUT2D eigenvalue weighted by Gasteiger charge is 2.33. The molecule has 1 aromatic carbocycles. The highest BCUT2D eigenvalue weighted by molar-refractivity contribution is 7.92. The van der Waals surface area contributed by atoms with Crippen molar-refractivity contribution in [3.8, 4) is 5.75 Å². The number of fused-ring (bicyclic) bond motifs is 1. The van der Waals surface area contributed by atoms with Crippen molar-refractivity contribution in [1.82, 2.24) is 18.8 Å². The van der Waals surface area contributed by atoms with E-state index in [0.717, 1.165) is 24.2 Å². The molecule has 0 spiro atoms. The van der Waals surface area contributed by atoms with Crippen LogP contribution in [0.15, 0.2) is 57.5 Å². The molecule has 0 saturated heterocycles. The van der Waals surface area contributed by atoms with E-state index in [9.17, 15) is 26.7 Å². The van der Waals surface area contributed by atoms with Crippen LogP contribution >= 0.6 is 11.3 Å². The first-order valence-corrected chi connectivity index (χ1v) is 18.9. The maximum absolute atomic E-state index is 14.3. The van der Waals surface area contributed by atoms with E-state index in [4.69, 9.17) is 9.47 Å². The summed E-state index contributed by atoms with van der Waals surface area (Å²) in [5, 5.41) is 11.7. The fourth-order valence-electron chi connectivity index (χ4n) is 5.10. The minimum atomic E-state index is -4.04. The summed E-state index contributed by atoms with van der Waals surface area (Å²) in [6.45, 7) is 5.71. The second-order valence-electron chi connectivity index (χ2n) is 11.7. The van der Waals surface area contributed by atoms with Crippen molar-refractivity contribution < 1.29 is 36.2 Å². The van der Waals surface area contributed by atoms with E-state index in [0.29, 0.717) is 13.0 Å². The monoisotopic (exact) mass is 697 g/mol. The minimum Gasteiger partial charge on any atom is -0.490 e. The van der Waals surface area contributed by atoms with Gasteiger partial charge in [-0.2, -0.15) is 12.7 Å². The van der Waals surface area contributed by atoms with Crippen LogP contribution in [0, 0.1) is 5.92 Å². The van der Waals surface area contributed by atoms with Gasteiger partial charge in [-0.25, -0.2) is 13.4 Å². The number of aromatic nitrogens is 2. The van der Waals surface area contributed by atoms with Gasteiger partial charge in [0.15, 0.2) is 5.03 Å². The summed E-state index contributed by atoms with van der Waals surface area (Å²) in [4.78, 5) is 19.7. The number of amides is 1. The number of benzene rings is 1. The summed E-state index contributed by atoms with van der Waals surface area (Å²) in [5.74, 6) is -0.548. The molecule has 3 aromatic rings. The summed E-state index contributed by atoms with van der Waals surface area (Å²) in [6, 6.07) is 7.13. The first-order valence-electron chi connectivity index (χ1n) is 15.1. The lowest BCUT2D eigenvalue weighted by atomic mass is 10.0. The summed E-state index contributed by atoms with van der Waals surface area (Å²) < 4.78 is 70.5. The highest BCUT2D eigenvalue weighted by Crippen LogP contribution is 2.30. The van der Waals surface area contributed by atoms with Gasteiger partial charge in [0.05, 0.1) is 36.7 Å². The van der Waals surface area contributed by atoms with Crippen LogP contribution in [0.3, 0.4) is 0 Å². The topological polar surface area (TPSA) is 160 Å². The Kier molecular flexibility index (Phi) is 11.9. The van der Waals surface area contributed by atoms with Crippen LogP contribution in [0.5, 0.6) is 5.75 Å². The average Bonchev–Trinajstić information content (AvgIpc) is 3.71. The third-order valence-electron chi connectivity index (χ3n) is 7.86. The fraction of sp³-hybridized carbons (Fsp3) is 0.533. The summed E-state index contributed by atoms with van der Waals surface area (Å²) in [5.41, 5.74) is 0.258. The Bertz CT molecular complexity index is 1680. The number of rotatable bonds is 9. The van der Waals surface area contributed by atoms with E-state index >= 15 is 0 Å². The Morgan fingerprint density at radius 2 is 1.96 bits per heavy atom. The molecule has 2 N–H and O–H groups in total. The van der Waals surface area contributed by atoms with Gasteiger partial charge in [0.1, 0.15) is 9.96 Å². The number of thiophene rings is 1. The largest absolute Gasteiger partial charge is 0.490 e. The molecule has 0 radical (unpaired) electrons. The minimum absolute atomic E-state index is 0.0620. The first kappa shape index (κ1) is 35.8. The fourth-order valence-corrected chi connectivity index (χ4v) is 8.52. The lowest BCUT2D eigenvalue weighted by Gasteiger charge is -2.35. The van der Waals surface area contributed by atoms with Crippen molar-refractivity contribution in [3.63, 3.8) is 0 Å². The zero-order chi connectivity index (χ0) is 33.6. The lowest BCUT2D eigenvalue weighted by Crippen LogP contribution is -2.48. The van der Waals surface area contributed by atoms with Crippen LogP contribution in [-0.2, 0) is 31.8 Å². The number of hydrogen-bond acceptors (Lipinski definition) is 10. The number of sulfonamides is 2. The summed E-state index contributed by atoms with van der Waals surface area (Å²) in [6.07, 6.45) is 4.05. The van der Waals surface area contributed by atoms with Gasteiger partial charge in [0, 0.05) is 51.6 Å². The number of anilines is 1. The molecule has 4 rings (SSSR count). The SMILES string of the molecule is C[C@@H]1CCCCO[C@@H](CN(C)S(=O)(=O)c2cccs2)[C@@H](C)CN([C@@H](C)CO)C(=O)c2cc(NS(=O)(=O)c3cn(C)cn3)ccc2O1. The zero-order valence-corrected chi connectivity index (χ0v) is 29.1. The summed E-state index contributed by atoms with van der Waals surface area (Å²) in [7, 11) is -4.61. The van der Waals surface area contributed by atoms with E-state index in [1.165, 1.54) is 45.5 Å². The number of ether oxygens (including phenoxy) is 2. The van der Waals surface area contributed by atoms with Gasteiger partial charge in [-0.05, 0) is 62.8 Å². The first-order chi connectivity index (χ1) is 21.7. The number of hydrogen-bond donors (Lipinski definition) is 2. The number of carbonyl (C=O) groups is 1. The molecule has 0 bridgehead atoms. The van der Waals surface area contributed by atoms with Crippen molar-refractivity contribution >= 4 is 43.0 Å². The quantitative estimate of drug-likeness (QED) is 0.342. The Hall–Kier alpha value is -3.02. The van der Waals surface area contributed by atoms with Crippen LogP contribution in [-0.4, -0.2) is 98.2 Å². The number of nitrogens with zero attached hydrogens (tertiary/aromatic N) is 4. The molecular weight excluding hydrogens is 655 g/mol. The molecule has 16 heteroatoms. The standard InChI is InChI=1S/C30H43N5O8S3/c1-21-16-35(22(2)19-36)30(37)25-15-24(32-45(38,39)28-18-33(4)20-31-28)11-12-26(25)43-23(3)9-6-7-13-42-27(21)17-34(5)46(40,41)29-10-8-14-44-29/h8,10-12,14-15,18,20-23,27,32,36H,6-7,9,13,16-17,19H2,1-5H3/t21-,22-,23+,27-/m0/s1. The van der Waals surface area contributed by atoms with Crippen molar-refractivity contribution in [2.45, 2.75) is 67.5 Å². The van der Waals surface area contributed by atoms with E-state index in [1.807, 2.05) is 13.8 Å². The molecule has 1 amide bonds. The number of aliphatic hydroxyl groups is 1. The smallest absolute Gasteiger partial charge is 0.280 e. The molecule has 3 heterocycles. The molecule has 46 heavy (non-hydrogen) atoms. The maximum Gasteiger partial charge on any atom is 0.280 e. The molecule has 0 unspecified atom stereocenters. The van der Waals surface area contributed by atoms with E-state index in [2.05, 4.69) is 9.71 Å². The van der Waals surface area contributed by atoms with Crippen molar-refractivity contribution in [2.75, 3.05) is 38.1 Å². The summed E-state index contributed by atoms with van der Waals surface area (Å²) >= 11 is 1.14. The molecule has 254 valence electrons. The van der Waals surface area contributed by atoms with Crippen molar-refractivity contribution in [1.29, 1.82) is 0 Å². The highest BCUT2D eigenvalue weighted by atomic mass is 32.2. The molecule has 2 aromatic heterocycles. The maximum atomic E-state index is 14.3. The predicted octanol–water partition coefficient (Wildman–Crippen LogP) is 3.40. The molecule has 0 fully saturated rings. The van der Waals surface area contributed by atoms with Gasteiger partial charge in [0.25, 0.3) is 26.0 Å². The Balaban J connectivity index is 1.68. The van der Waals surface area contributed by atoms with Gasteiger partial charge in [-0.3, -0.25) is 9.52 Å². The molecule has 1 aliphatic heterocycles. The molecule has 13 nitrogen and oxygen atoms in total. The number of imidazole rings is 1. The van der Waals surface area contributed by atoms with Gasteiger partial charge in [-0.15, -0.1) is 11.3 Å². The van der Waals surface area contributed by atoms with Crippen LogP contribution in [0.25, 0.3) is 0 Å². The van der Waals surface area contributed by atoms with Crippen LogP contribution in [0.1, 0.15) is 50.4 Å². The van der Waals surface area contributed by atoms with E-state index < -0.39 is 38.1 Å². The Morgan fingerprint density at radius 1 is 1.20 bits per heavy atom. The predicted molar refractivity (Wildman–Crippen MR) is 175 cm³/mol. The zero-order valence-electron chi connectivity index (χ0n) is 26.7. The van der Waals surface area contributed by atoms with Gasteiger partial charge >= 0.3 is 0 Å². The Labute approximate surface area is 275 Å². The van der Waals surface area contributed by atoms with E-state index in [-0.39, 0.29) is 58.0 Å². The average molecular weight is 698 g/mol. The third-order valence-corrected chi connectivity index (χ3v) is 12.3. The van der Waals surface area contributed by atoms with Crippen LogP contribution in [0.2, 0.25) is 0 Å². The molecule has 0 saturated carbocycles.